The molecule has 1 aromatic heterocycles. The number of amidine groups is 2. The van der Waals surface area contributed by atoms with Gasteiger partial charge < -0.3 is 10.1 Å². The Balaban J connectivity index is 0.984. The van der Waals surface area contributed by atoms with Crippen molar-refractivity contribution in [1.82, 2.24) is 5.32 Å². The van der Waals surface area contributed by atoms with Gasteiger partial charge in [0.05, 0.1) is 5.41 Å². The summed E-state index contributed by atoms with van der Waals surface area (Å²) in [4.78, 5) is 10.7. The number of thiophene rings is 1. The minimum atomic E-state index is -0.480. The summed E-state index contributed by atoms with van der Waals surface area (Å²) in [6, 6.07) is 60.7. The highest BCUT2D eigenvalue weighted by Gasteiger charge is 2.51. The van der Waals surface area contributed by atoms with Crippen LogP contribution in [0.2, 0.25) is 0 Å². The lowest BCUT2D eigenvalue weighted by Crippen LogP contribution is -2.36. The van der Waals surface area contributed by atoms with Gasteiger partial charge in [-0.2, -0.15) is 0 Å². The Morgan fingerprint density at radius 3 is 2.00 bits per heavy atom. The molecule has 1 unspecified atom stereocenters. The van der Waals surface area contributed by atoms with Crippen molar-refractivity contribution in [2.45, 2.75) is 18.0 Å². The Morgan fingerprint density at radius 1 is 0.552 bits per heavy atom. The molecule has 1 atom stereocenters. The molecule has 2 aliphatic heterocycles. The molecule has 4 nitrogen and oxygen atoms in total. The van der Waals surface area contributed by atoms with Crippen LogP contribution in [0.5, 0.6) is 5.75 Å². The molecule has 8 aromatic rings. The van der Waals surface area contributed by atoms with Crippen molar-refractivity contribution in [2.75, 3.05) is 0 Å². The average Bonchev–Trinajstić information content (AvgIpc) is 3.71. The smallest absolute Gasteiger partial charge is 0.170 e. The number of aliphatic imine (C=N–C) groups is 2. The monoisotopic (exact) mass is 761 g/mol. The predicted molar refractivity (Wildman–Crippen MR) is 239 cm³/mol. The molecule has 1 N–H and O–H groups in total. The fourth-order valence-corrected chi connectivity index (χ4v) is 10.8. The fraction of sp³-hybridized carbons (Fsp3) is 0.0566. The number of nitrogens with one attached hydrogen (secondary N) is 1. The van der Waals surface area contributed by atoms with E-state index >= 15 is 0 Å². The summed E-state index contributed by atoms with van der Waals surface area (Å²) in [7, 11) is 0. The first-order chi connectivity index (χ1) is 28.7. The molecule has 12 rings (SSSR count). The SMILES string of the molecule is C1=CC2=C(CC=C1c1ccccc1C1N=C(c3ccccc3)NC(c3ccc4c(c3)sc3ccccc34)=N1)C1(c3ccccc3O2)c2ccccc2-c2ccccc21. The van der Waals surface area contributed by atoms with E-state index in [-0.39, 0.29) is 0 Å². The van der Waals surface area contributed by atoms with Crippen molar-refractivity contribution < 1.29 is 4.74 Å². The second-order valence-electron chi connectivity index (χ2n) is 15.2. The van der Waals surface area contributed by atoms with Crippen LogP contribution in [0.15, 0.2) is 209 Å². The van der Waals surface area contributed by atoms with E-state index in [1.54, 1.807) is 0 Å². The summed E-state index contributed by atoms with van der Waals surface area (Å²) >= 11 is 1.82. The number of allylic oxidation sites excluding steroid dienone is 5. The van der Waals surface area contributed by atoms with Gasteiger partial charge in [0.2, 0.25) is 0 Å². The third kappa shape index (κ3) is 4.93. The number of hydrogen-bond acceptors (Lipinski definition) is 5. The van der Waals surface area contributed by atoms with Crippen molar-refractivity contribution >= 4 is 48.8 Å². The number of hydrogen-bond donors (Lipinski definition) is 1. The van der Waals surface area contributed by atoms with Crippen LogP contribution in [0.3, 0.4) is 0 Å². The Bertz CT molecular complexity index is 3120. The van der Waals surface area contributed by atoms with E-state index in [9.17, 15) is 0 Å². The van der Waals surface area contributed by atoms with Gasteiger partial charge >= 0.3 is 0 Å². The quantitative estimate of drug-likeness (QED) is 0.194. The average molecular weight is 762 g/mol. The van der Waals surface area contributed by atoms with Gasteiger partial charge in [-0.25, -0.2) is 9.98 Å². The van der Waals surface area contributed by atoms with Crippen molar-refractivity contribution in [1.29, 1.82) is 0 Å². The van der Waals surface area contributed by atoms with Gasteiger partial charge in [0.25, 0.3) is 0 Å². The van der Waals surface area contributed by atoms with Crippen LogP contribution in [0.1, 0.15) is 51.5 Å². The molecule has 0 amide bonds. The van der Waals surface area contributed by atoms with Gasteiger partial charge in [-0.3, -0.25) is 0 Å². The Morgan fingerprint density at radius 2 is 1.19 bits per heavy atom. The van der Waals surface area contributed by atoms with E-state index < -0.39 is 11.6 Å². The molecular formula is C53H35N3OS. The number of rotatable bonds is 4. The summed E-state index contributed by atoms with van der Waals surface area (Å²) in [6.07, 6.45) is 7.02. The van der Waals surface area contributed by atoms with E-state index in [1.807, 2.05) is 17.4 Å². The van der Waals surface area contributed by atoms with Gasteiger partial charge in [-0.05, 0) is 69.7 Å². The molecule has 3 heterocycles. The van der Waals surface area contributed by atoms with E-state index in [0.29, 0.717) is 6.42 Å². The van der Waals surface area contributed by atoms with Crippen LogP contribution < -0.4 is 10.1 Å². The van der Waals surface area contributed by atoms with Gasteiger partial charge in [0.15, 0.2) is 6.17 Å². The molecule has 58 heavy (non-hydrogen) atoms. The molecule has 5 heteroatoms. The molecule has 0 radical (unpaired) electrons. The summed E-state index contributed by atoms with van der Waals surface area (Å²) in [5.74, 6) is 3.41. The topological polar surface area (TPSA) is 46.0 Å². The third-order valence-corrected chi connectivity index (χ3v) is 13.3. The normalized spacial score (nSPS) is 17.3. The standard InChI is InChI=1S/C53H35N3OS/c1-2-14-34(15-3-1)50-54-51(35-26-29-40-39-19-8-13-25-48(39)58-49(40)32-35)56-52(55-50)41-20-5-4-16-36(41)33-27-30-45-47(31-28-33)57-46-24-12-11-23-44(46)53(45)42-21-9-6-17-37(42)38-18-7-10-22-43(38)53/h1-29,31-32,52H,30H2,(H,54,55,56). The van der Waals surface area contributed by atoms with Crippen LogP contribution in [0.25, 0.3) is 36.9 Å². The Kier molecular flexibility index (Phi) is 7.41. The van der Waals surface area contributed by atoms with Crippen LogP contribution in [0, 0.1) is 0 Å². The predicted octanol–water partition coefficient (Wildman–Crippen LogP) is 12.6. The number of para-hydroxylation sites is 1. The van der Waals surface area contributed by atoms with Crippen LogP contribution in [-0.2, 0) is 5.41 Å². The second-order valence-corrected chi connectivity index (χ2v) is 16.3. The molecule has 0 bridgehead atoms. The molecular weight excluding hydrogens is 727 g/mol. The zero-order valence-corrected chi connectivity index (χ0v) is 32.2. The summed E-state index contributed by atoms with van der Waals surface area (Å²) in [6.45, 7) is 0. The lowest BCUT2D eigenvalue weighted by atomic mass is 9.65. The highest BCUT2D eigenvalue weighted by atomic mass is 32.1. The summed E-state index contributed by atoms with van der Waals surface area (Å²) in [5.41, 5.74) is 12.4. The fourth-order valence-electron chi connectivity index (χ4n) is 9.61. The highest BCUT2D eigenvalue weighted by Crippen LogP contribution is 2.61. The van der Waals surface area contributed by atoms with Crippen molar-refractivity contribution in [3.05, 3.63) is 238 Å². The number of ether oxygens (including phenoxy) is 1. The maximum atomic E-state index is 6.85. The minimum Gasteiger partial charge on any atom is -0.457 e. The summed E-state index contributed by atoms with van der Waals surface area (Å²) < 4.78 is 9.37. The van der Waals surface area contributed by atoms with Crippen molar-refractivity contribution in [3.8, 4) is 16.9 Å². The lowest BCUT2D eigenvalue weighted by molar-refractivity contribution is 0.396. The molecule has 1 spiro atoms. The van der Waals surface area contributed by atoms with E-state index in [1.165, 1.54) is 53.6 Å². The largest absolute Gasteiger partial charge is 0.457 e. The van der Waals surface area contributed by atoms with Gasteiger partial charge in [-0.15, -0.1) is 11.3 Å². The zero-order valence-electron chi connectivity index (χ0n) is 31.4. The Labute approximate surface area is 340 Å². The van der Waals surface area contributed by atoms with Crippen molar-refractivity contribution in [3.63, 3.8) is 0 Å². The number of fused-ring (bicyclic) bond motifs is 11. The molecule has 0 saturated carbocycles. The molecule has 0 fully saturated rings. The first-order valence-electron chi connectivity index (χ1n) is 19.8. The van der Waals surface area contributed by atoms with Gasteiger partial charge in [0.1, 0.15) is 23.2 Å². The molecule has 2 aliphatic carbocycles. The maximum absolute atomic E-state index is 6.85. The zero-order chi connectivity index (χ0) is 38.2. The molecule has 0 saturated heterocycles. The lowest BCUT2D eigenvalue weighted by Gasteiger charge is -2.40. The molecule has 274 valence electrons. The number of benzene rings is 7. The molecule has 4 aliphatic rings. The third-order valence-electron chi connectivity index (χ3n) is 12.1. The molecule has 7 aromatic carbocycles. The van der Waals surface area contributed by atoms with E-state index in [0.717, 1.165) is 51.0 Å². The number of nitrogens with zero attached hydrogens (tertiary/aromatic N) is 2. The maximum Gasteiger partial charge on any atom is 0.170 e. The van der Waals surface area contributed by atoms with Crippen LogP contribution in [-0.4, -0.2) is 11.7 Å². The first kappa shape index (κ1) is 33.1. The van der Waals surface area contributed by atoms with Gasteiger partial charge in [0, 0.05) is 42.4 Å². The highest BCUT2D eigenvalue weighted by molar-refractivity contribution is 7.25. The van der Waals surface area contributed by atoms with Gasteiger partial charge in [-0.1, -0.05) is 164 Å². The van der Waals surface area contributed by atoms with Crippen molar-refractivity contribution in [2.24, 2.45) is 9.98 Å². The summed E-state index contributed by atoms with van der Waals surface area (Å²) in [5, 5.41) is 6.18. The van der Waals surface area contributed by atoms with Crippen LogP contribution >= 0.6 is 11.3 Å². The second kappa shape index (κ2) is 13.0. The van der Waals surface area contributed by atoms with E-state index in [2.05, 4.69) is 187 Å². The van der Waals surface area contributed by atoms with Crippen LogP contribution in [0.4, 0.5) is 0 Å². The van der Waals surface area contributed by atoms with E-state index in [4.69, 9.17) is 14.7 Å². The first-order valence-corrected chi connectivity index (χ1v) is 20.6. The minimum absolute atomic E-state index is 0.471. The Hall–Kier alpha value is -7.08.